The lowest BCUT2D eigenvalue weighted by atomic mass is 10.0. The van der Waals surface area contributed by atoms with Gasteiger partial charge in [-0.25, -0.2) is 4.98 Å². The molecule has 1 heterocycles. The first kappa shape index (κ1) is 16.5. The standard InChI is InChI=1S/C17H25N3O2/c1-4-13(5-2)17(21)18-12-16-19-14-8-6-7-9-15(14)20(16)10-11-22-3/h6-9,13H,4-5,10-12H2,1-3H3,(H,18,21). The highest BCUT2D eigenvalue weighted by atomic mass is 16.5. The highest BCUT2D eigenvalue weighted by Crippen LogP contribution is 2.16. The molecule has 0 bridgehead atoms. The fraction of sp³-hybridized carbons (Fsp3) is 0.529. The molecule has 0 saturated heterocycles. The molecule has 0 radical (unpaired) electrons. The van der Waals surface area contributed by atoms with E-state index in [4.69, 9.17) is 4.74 Å². The number of nitrogens with zero attached hydrogens (tertiary/aromatic N) is 2. The molecule has 0 aliphatic carbocycles. The molecule has 5 nitrogen and oxygen atoms in total. The molecule has 2 aromatic rings. The fourth-order valence-electron chi connectivity index (χ4n) is 2.66. The Morgan fingerprint density at radius 3 is 2.73 bits per heavy atom. The first-order chi connectivity index (χ1) is 10.7. The highest BCUT2D eigenvalue weighted by Gasteiger charge is 2.16. The summed E-state index contributed by atoms with van der Waals surface area (Å²) < 4.78 is 7.30. The molecule has 2 rings (SSSR count). The van der Waals surface area contributed by atoms with Crippen LogP contribution < -0.4 is 5.32 Å². The van der Waals surface area contributed by atoms with Gasteiger partial charge in [0, 0.05) is 19.6 Å². The number of hydrogen-bond acceptors (Lipinski definition) is 3. The van der Waals surface area contributed by atoms with E-state index in [1.165, 1.54) is 0 Å². The summed E-state index contributed by atoms with van der Waals surface area (Å²) in [4.78, 5) is 16.8. The fourth-order valence-corrected chi connectivity index (χ4v) is 2.66. The molecule has 0 unspecified atom stereocenters. The first-order valence-corrected chi connectivity index (χ1v) is 7.92. The van der Waals surface area contributed by atoms with E-state index in [1.807, 2.05) is 38.1 Å². The highest BCUT2D eigenvalue weighted by molar-refractivity contribution is 5.79. The lowest BCUT2D eigenvalue weighted by Gasteiger charge is -2.13. The molecule has 1 N–H and O–H groups in total. The number of amides is 1. The van der Waals surface area contributed by atoms with Crippen LogP contribution in [0.2, 0.25) is 0 Å². The molecule has 120 valence electrons. The molecular formula is C17H25N3O2. The monoisotopic (exact) mass is 303 g/mol. The second-order valence-corrected chi connectivity index (χ2v) is 5.39. The normalized spacial score (nSPS) is 11.3. The van der Waals surface area contributed by atoms with E-state index in [2.05, 4.69) is 14.9 Å². The van der Waals surface area contributed by atoms with Crippen molar-refractivity contribution >= 4 is 16.9 Å². The Labute approximate surface area is 131 Å². The van der Waals surface area contributed by atoms with E-state index < -0.39 is 0 Å². The van der Waals surface area contributed by atoms with Gasteiger partial charge < -0.3 is 14.6 Å². The molecular weight excluding hydrogens is 278 g/mol. The molecule has 0 spiro atoms. The summed E-state index contributed by atoms with van der Waals surface area (Å²) in [6, 6.07) is 8.01. The summed E-state index contributed by atoms with van der Waals surface area (Å²) in [6.45, 7) is 5.89. The number of nitrogens with one attached hydrogen (secondary N) is 1. The van der Waals surface area contributed by atoms with Crippen LogP contribution in [0.25, 0.3) is 11.0 Å². The number of hydrogen-bond donors (Lipinski definition) is 1. The zero-order chi connectivity index (χ0) is 15.9. The van der Waals surface area contributed by atoms with Crippen LogP contribution in [-0.4, -0.2) is 29.2 Å². The minimum absolute atomic E-state index is 0.0804. The average Bonchev–Trinajstić information content (AvgIpc) is 2.89. The van der Waals surface area contributed by atoms with Crippen molar-refractivity contribution in [1.29, 1.82) is 0 Å². The first-order valence-electron chi connectivity index (χ1n) is 7.92. The number of rotatable bonds is 8. The Morgan fingerprint density at radius 2 is 2.05 bits per heavy atom. The van der Waals surface area contributed by atoms with Crippen LogP contribution in [0.4, 0.5) is 0 Å². The van der Waals surface area contributed by atoms with Crippen molar-refractivity contribution in [2.24, 2.45) is 5.92 Å². The predicted molar refractivity (Wildman–Crippen MR) is 87.5 cm³/mol. The van der Waals surface area contributed by atoms with Gasteiger partial charge >= 0.3 is 0 Å². The lowest BCUT2D eigenvalue weighted by molar-refractivity contribution is -0.125. The summed E-state index contributed by atoms with van der Waals surface area (Å²) >= 11 is 0. The number of fused-ring (bicyclic) bond motifs is 1. The maximum atomic E-state index is 12.1. The largest absolute Gasteiger partial charge is 0.383 e. The third-order valence-electron chi connectivity index (χ3n) is 4.03. The number of carbonyl (C=O) groups excluding carboxylic acids is 1. The molecule has 0 fully saturated rings. The van der Waals surface area contributed by atoms with Crippen molar-refractivity contribution in [3.63, 3.8) is 0 Å². The Balaban J connectivity index is 2.17. The molecule has 1 aromatic heterocycles. The van der Waals surface area contributed by atoms with Gasteiger partial charge in [-0.05, 0) is 25.0 Å². The van der Waals surface area contributed by atoms with Crippen molar-refractivity contribution in [3.8, 4) is 0 Å². The zero-order valence-electron chi connectivity index (χ0n) is 13.6. The number of carbonyl (C=O) groups is 1. The third kappa shape index (κ3) is 3.65. The Hall–Kier alpha value is -1.88. The van der Waals surface area contributed by atoms with Gasteiger partial charge in [-0.2, -0.15) is 0 Å². The van der Waals surface area contributed by atoms with Crippen LogP contribution in [0.15, 0.2) is 24.3 Å². The zero-order valence-corrected chi connectivity index (χ0v) is 13.6. The van der Waals surface area contributed by atoms with E-state index in [-0.39, 0.29) is 11.8 Å². The summed E-state index contributed by atoms with van der Waals surface area (Å²) in [5.74, 6) is 1.06. The third-order valence-corrected chi connectivity index (χ3v) is 4.03. The lowest BCUT2D eigenvalue weighted by Crippen LogP contribution is -2.30. The predicted octanol–water partition coefficient (Wildman–Crippen LogP) is 2.74. The maximum Gasteiger partial charge on any atom is 0.223 e. The molecule has 0 aliphatic heterocycles. The SMILES string of the molecule is CCC(CC)C(=O)NCc1nc2ccccc2n1CCOC. The van der Waals surface area contributed by atoms with Gasteiger partial charge in [-0.3, -0.25) is 4.79 Å². The van der Waals surface area contributed by atoms with Gasteiger partial charge in [-0.15, -0.1) is 0 Å². The van der Waals surface area contributed by atoms with Crippen molar-refractivity contribution in [2.75, 3.05) is 13.7 Å². The molecule has 0 saturated carbocycles. The molecule has 22 heavy (non-hydrogen) atoms. The van der Waals surface area contributed by atoms with E-state index in [0.717, 1.165) is 36.2 Å². The summed E-state index contributed by atoms with van der Waals surface area (Å²) in [5.41, 5.74) is 2.02. The Kier molecular flexibility index (Phi) is 5.95. The molecule has 0 aliphatic rings. The van der Waals surface area contributed by atoms with Gasteiger partial charge in [0.2, 0.25) is 5.91 Å². The van der Waals surface area contributed by atoms with Crippen LogP contribution in [0, 0.1) is 5.92 Å². The van der Waals surface area contributed by atoms with Crippen molar-refractivity contribution in [3.05, 3.63) is 30.1 Å². The summed E-state index contributed by atoms with van der Waals surface area (Å²) in [7, 11) is 1.69. The van der Waals surface area contributed by atoms with Crippen LogP contribution in [0.1, 0.15) is 32.5 Å². The van der Waals surface area contributed by atoms with E-state index in [9.17, 15) is 4.79 Å². The second-order valence-electron chi connectivity index (χ2n) is 5.39. The number of benzene rings is 1. The summed E-state index contributed by atoms with van der Waals surface area (Å²) in [6.07, 6.45) is 1.73. The van der Waals surface area contributed by atoms with Crippen LogP contribution in [0.3, 0.4) is 0 Å². The van der Waals surface area contributed by atoms with Gasteiger partial charge in [0.15, 0.2) is 0 Å². The van der Waals surface area contributed by atoms with Gasteiger partial charge in [0.05, 0.1) is 24.2 Å². The van der Waals surface area contributed by atoms with E-state index in [0.29, 0.717) is 13.2 Å². The number of aromatic nitrogens is 2. The smallest absolute Gasteiger partial charge is 0.223 e. The molecule has 1 aromatic carbocycles. The van der Waals surface area contributed by atoms with Crippen LogP contribution >= 0.6 is 0 Å². The molecule has 1 amide bonds. The number of imidazole rings is 1. The molecule has 0 atom stereocenters. The van der Waals surface area contributed by atoms with Gasteiger partial charge in [0.1, 0.15) is 5.82 Å². The minimum Gasteiger partial charge on any atom is -0.383 e. The van der Waals surface area contributed by atoms with Gasteiger partial charge in [-0.1, -0.05) is 26.0 Å². The second kappa shape index (κ2) is 7.94. The number of ether oxygens (including phenoxy) is 1. The topological polar surface area (TPSA) is 56.2 Å². The molecule has 5 heteroatoms. The van der Waals surface area contributed by atoms with Crippen molar-refractivity contribution in [1.82, 2.24) is 14.9 Å². The maximum absolute atomic E-state index is 12.1. The minimum atomic E-state index is 0.0804. The van der Waals surface area contributed by atoms with Crippen molar-refractivity contribution < 1.29 is 9.53 Å². The van der Waals surface area contributed by atoms with Crippen LogP contribution in [0.5, 0.6) is 0 Å². The van der Waals surface area contributed by atoms with Crippen molar-refractivity contribution in [2.45, 2.75) is 39.8 Å². The number of methoxy groups -OCH3 is 1. The average molecular weight is 303 g/mol. The van der Waals surface area contributed by atoms with E-state index >= 15 is 0 Å². The summed E-state index contributed by atoms with van der Waals surface area (Å²) in [5, 5.41) is 3.02. The Morgan fingerprint density at radius 1 is 1.32 bits per heavy atom. The van der Waals surface area contributed by atoms with Crippen LogP contribution in [-0.2, 0) is 22.6 Å². The quantitative estimate of drug-likeness (QED) is 0.816. The number of para-hydroxylation sites is 2. The van der Waals surface area contributed by atoms with E-state index in [1.54, 1.807) is 7.11 Å². The van der Waals surface area contributed by atoms with Gasteiger partial charge in [0.25, 0.3) is 0 Å². The Bertz CT molecular complexity index is 617.